The molecule has 1 N–H and O–H groups in total. The number of rotatable bonds is 8. The molecule has 4 aromatic rings. The summed E-state index contributed by atoms with van der Waals surface area (Å²) < 4.78 is 13.2. The summed E-state index contributed by atoms with van der Waals surface area (Å²) in [6.45, 7) is 9.38. The third-order valence-corrected chi connectivity index (χ3v) is 7.64. The predicted molar refractivity (Wildman–Crippen MR) is 154 cm³/mol. The van der Waals surface area contributed by atoms with Crippen LogP contribution in [0, 0.1) is 20.8 Å². The van der Waals surface area contributed by atoms with Gasteiger partial charge in [0.05, 0.1) is 11.9 Å². The molecule has 1 aliphatic rings. The van der Waals surface area contributed by atoms with Gasteiger partial charge in [-0.1, -0.05) is 42.5 Å². The number of fused-ring (bicyclic) bond motifs is 2. The lowest BCUT2D eigenvalue weighted by molar-refractivity contribution is -0.127. The van der Waals surface area contributed by atoms with E-state index < -0.39 is 6.04 Å². The molecule has 1 aromatic heterocycles. The minimum atomic E-state index is -0.738. The molecule has 0 saturated heterocycles. The van der Waals surface area contributed by atoms with E-state index in [4.69, 9.17) is 9.47 Å². The standard InChI is InChI=1S/C32H35N3O4/c1-6-35-22(4)25(30-20(2)12-13-21(3)31(30)35)18-29(36)33-26(16-23-10-8-7-9-11-23)32(37)34(5)24-14-15-27-28(17-24)39-19-38-27/h7-15,17,26H,6,16,18-19H2,1-5H3,(H,33,36)/t26-/m0/s1. The van der Waals surface area contributed by atoms with Gasteiger partial charge in [-0.05, 0) is 62.1 Å². The fraction of sp³-hybridized carbons (Fsp3) is 0.312. The molecule has 1 aliphatic heterocycles. The largest absolute Gasteiger partial charge is 0.454 e. The molecular formula is C32H35N3O4. The molecule has 7 nitrogen and oxygen atoms in total. The molecule has 3 aromatic carbocycles. The zero-order valence-corrected chi connectivity index (χ0v) is 23.2. The molecule has 2 amide bonds. The van der Waals surface area contributed by atoms with E-state index in [0.29, 0.717) is 23.6 Å². The first-order chi connectivity index (χ1) is 18.8. The fourth-order valence-corrected chi connectivity index (χ4v) is 5.56. The number of amides is 2. The molecule has 0 fully saturated rings. The van der Waals surface area contributed by atoms with Crippen LogP contribution in [-0.4, -0.2) is 36.3 Å². The summed E-state index contributed by atoms with van der Waals surface area (Å²) in [6.07, 6.45) is 0.583. The number of nitrogens with zero attached hydrogens (tertiary/aromatic N) is 2. The van der Waals surface area contributed by atoms with Gasteiger partial charge in [0, 0.05) is 42.8 Å². The molecule has 202 valence electrons. The van der Waals surface area contributed by atoms with Crippen molar-refractivity contribution in [2.75, 3.05) is 18.7 Å². The molecule has 39 heavy (non-hydrogen) atoms. The fourth-order valence-electron chi connectivity index (χ4n) is 5.56. The number of ether oxygens (including phenoxy) is 2. The van der Waals surface area contributed by atoms with E-state index in [0.717, 1.165) is 34.3 Å². The van der Waals surface area contributed by atoms with Gasteiger partial charge in [-0.2, -0.15) is 0 Å². The van der Waals surface area contributed by atoms with Gasteiger partial charge >= 0.3 is 0 Å². The maximum absolute atomic E-state index is 13.8. The molecule has 2 heterocycles. The molecular weight excluding hydrogens is 490 g/mol. The molecule has 0 aliphatic carbocycles. The molecule has 0 bridgehead atoms. The van der Waals surface area contributed by atoms with Crippen molar-refractivity contribution in [2.45, 2.75) is 53.1 Å². The normalized spacial score (nSPS) is 12.9. The average Bonchev–Trinajstić information content (AvgIpc) is 3.52. The van der Waals surface area contributed by atoms with Crippen LogP contribution in [0.25, 0.3) is 10.9 Å². The summed E-state index contributed by atoms with van der Waals surface area (Å²) in [7, 11) is 1.72. The third kappa shape index (κ3) is 5.09. The zero-order chi connectivity index (χ0) is 27.7. The Bertz CT molecular complexity index is 1540. The monoisotopic (exact) mass is 525 g/mol. The van der Waals surface area contributed by atoms with Gasteiger partial charge in [0.25, 0.3) is 0 Å². The van der Waals surface area contributed by atoms with Crippen LogP contribution in [-0.2, 0) is 29.0 Å². The Morgan fingerprint density at radius 3 is 2.44 bits per heavy atom. The molecule has 5 rings (SSSR count). The van der Waals surface area contributed by atoms with E-state index in [1.807, 2.05) is 36.4 Å². The molecule has 7 heteroatoms. The number of likely N-dealkylation sites (N-methyl/N-ethyl adjacent to an activating group) is 1. The summed E-state index contributed by atoms with van der Waals surface area (Å²) in [5.74, 6) is 0.874. The Kier molecular flexibility index (Phi) is 7.33. The summed E-state index contributed by atoms with van der Waals surface area (Å²) in [4.78, 5) is 29.0. The van der Waals surface area contributed by atoms with Crippen molar-refractivity contribution in [3.63, 3.8) is 0 Å². The smallest absolute Gasteiger partial charge is 0.249 e. The number of benzene rings is 3. The van der Waals surface area contributed by atoms with Crippen molar-refractivity contribution in [1.82, 2.24) is 9.88 Å². The zero-order valence-electron chi connectivity index (χ0n) is 23.2. The molecule has 0 saturated carbocycles. The number of hydrogen-bond acceptors (Lipinski definition) is 4. The minimum Gasteiger partial charge on any atom is -0.454 e. The van der Waals surface area contributed by atoms with Crippen LogP contribution < -0.4 is 19.7 Å². The minimum absolute atomic E-state index is 0.163. The van der Waals surface area contributed by atoms with Gasteiger partial charge < -0.3 is 24.3 Å². The highest BCUT2D eigenvalue weighted by Crippen LogP contribution is 2.35. The number of carbonyl (C=O) groups excluding carboxylic acids is 2. The van der Waals surface area contributed by atoms with Crippen LogP contribution in [0.15, 0.2) is 60.7 Å². The van der Waals surface area contributed by atoms with Crippen molar-refractivity contribution < 1.29 is 19.1 Å². The topological polar surface area (TPSA) is 72.8 Å². The lowest BCUT2D eigenvalue weighted by Gasteiger charge is -2.25. The molecule has 1 atom stereocenters. The van der Waals surface area contributed by atoms with Crippen molar-refractivity contribution >= 4 is 28.4 Å². The van der Waals surface area contributed by atoms with Crippen molar-refractivity contribution in [1.29, 1.82) is 0 Å². The second-order valence-electron chi connectivity index (χ2n) is 10.2. The summed E-state index contributed by atoms with van der Waals surface area (Å²) in [5, 5.41) is 4.21. The SMILES string of the molecule is CCn1c(C)c(CC(=O)N[C@@H](Cc2ccccc2)C(=O)N(C)c2ccc3c(c2)OCO3)c2c(C)ccc(C)c21. The number of carbonyl (C=O) groups is 2. The third-order valence-electron chi connectivity index (χ3n) is 7.64. The van der Waals surface area contributed by atoms with Crippen LogP contribution in [0.5, 0.6) is 11.5 Å². The molecule has 0 radical (unpaired) electrons. The highest BCUT2D eigenvalue weighted by atomic mass is 16.7. The first kappa shape index (κ1) is 26.4. The van der Waals surface area contributed by atoms with Crippen LogP contribution in [0.3, 0.4) is 0 Å². The number of nitrogens with one attached hydrogen (secondary N) is 1. The maximum Gasteiger partial charge on any atom is 0.249 e. The van der Waals surface area contributed by atoms with E-state index in [1.54, 1.807) is 24.1 Å². The summed E-state index contributed by atoms with van der Waals surface area (Å²) >= 11 is 0. The van der Waals surface area contributed by atoms with Gasteiger partial charge in [0.2, 0.25) is 18.6 Å². The molecule has 0 unspecified atom stereocenters. The highest BCUT2D eigenvalue weighted by molar-refractivity contribution is 6.00. The lowest BCUT2D eigenvalue weighted by Crippen LogP contribution is -2.49. The predicted octanol–water partition coefficient (Wildman–Crippen LogP) is 5.25. The lowest BCUT2D eigenvalue weighted by atomic mass is 10.00. The average molecular weight is 526 g/mol. The maximum atomic E-state index is 13.8. The van der Waals surface area contributed by atoms with Crippen LogP contribution >= 0.6 is 0 Å². The molecule has 0 spiro atoms. The van der Waals surface area contributed by atoms with Gasteiger partial charge in [0.1, 0.15) is 6.04 Å². The van der Waals surface area contributed by atoms with E-state index in [-0.39, 0.29) is 25.0 Å². The van der Waals surface area contributed by atoms with E-state index in [1.165, 1.54) is 11.1 Å². The Morgan fingerprint density at radius 2 is 1.69 bits per heavy atom. The van der Waals surface area contributed by atoms with Gasteiger partial charge in [0.15, 0.2) is 11.5 Å². The number of hydrogen-bond donors (Lipinski definition) is 1. The van der Waals surface area contributed by atoms with Gasteiger partial charge in [-0.25, -0.2) is 0 Å². The van der Waals surface area contributed by atoms with E-state index in [2.05, 4.69) is 49.7 Å². The number of anilines is 1. The van der Waals surface area contributed by atoms with Crippen molar-refractivity contribution in [3.05, 3.63) is 88.6 Å². The Labute approximate surface area is 229 Å². The second-order valence-corrected chi connectivity index (χ2v) is 10.2. The second kappa shape index (κ2) is 10.8. The van der Waals surface area contributed by atoms with Crippen LogP contribution in [0.2, 0.25) is 0 Å². The van der Waals surface area contributed by atoms with Crippen LogP contribution in [0.1, 0.15) is 34.9 Å². The quantitative estimate of drug-likeness (QED) is 0.341. The first-order valence-corrected chi connectivity index (χ1v) is 13.4. The summed E-state index contributed by atoms with van der Waals surface area (Å²) in [6, 6.07) is 18.7. The first-order valence-electron chi connectivity index (χ1n) is 13.4. The van der Waals surface area contributed by atoms with E-state index in [9.17, 15) is 9.59 Å². The number of aromatic nitrogens is 1. The van der Waals surface area contributed by atoms with Crippen molar-refractivity contribution in [2.24, 2.45) is 0 Å². The Balaban J connectivity index is 1.43. The number of aryl methyl sites for hydroxylation is 3. The van der Waals surface area contributed by atoms with E-state index >= 15 is 0 Å². The van der Waals surface area contributed by atoms with Gasteiger partial charge in [-0.15, -0.1) is 0 Å². The summed E-state index contributed by atoms with van der Waals surface area (Å²) in [5.41, 5.74) is 7.26. The van der Waals surface area contributed by atoms with Crippen molar-refractivity contribution in [3.8, 4) is 11.5 Å². The Hall–Kier alpha value is -4.26. The Morgan fingerprint density at radius 1 is 0.974 bits per heavy atom. The van der Waals surface area contributed by atoms with Crippen LogP contribution in [0.4, 0.5) is 5.69 Å². The highest BCUT2D eigenvalue weighted by Gasteiger charge is 2.28. The van der Waals surface area contributed by atoms with Gasteiger partial charge in [-0.3, -0.25) is 9.59 Å².